The lowest BCUT2D eigenvalue weighted by Gasteiger charge is -2.23. The highest BCUT2D eigenvalue weighted by Gasteiger charge is 2.22. The third kappa shape index (κ3) is 11.0. The van der Waals surface area contributed by atoms with Crippen LogP contribution in [0.1, 0.15) is 33.6 Å². The molecule has 2 N–H and O–H groups in total. The molecule has 0 amide bonds. The van der Waals surface area contributed by atoms with Gasteiger partial charge >= 0.3 is 0 Å². The SMILES string of the molecule is CC(=O)CC(C)(C)C[C@H](O)C#C/C=C/C=C/[C@H](O)COc1ccc(F)cc1. The second-order valence-electron chi connectivity index (χ2n) is 7.13. The maximum atomic E-state index is 12.8. The summed E-state index contributed by atoms with van der Waals surface area (Å²) in [5, 5.41) is 19.7. The van der Waals surface area contributed by atoms with Gasteiger partial charge in [0.1, 0.15) is 36.2 Å². The van der Waals surface area contributed by atoms with Crippen LogP contribution in [0, 0.1) is 23.1 Å². The Morgan fingerprint density at radius 1 is 1.26 bits per heavy atom. The van der Waals surface area contributed by atoms with Crippen LogP contribution in [-0.2, 0) is 4.79 Å². The molecule has 1 aromatic carbocycles. The Hall–Kier alpha value is -2.42. The number of halogens is 1. The summed E-state index contributed by atoms with van der Waals surface area (Å²) in [6.07, 6.45) is 5.57. The number of hydrogen-bond donors (Lipinski definition) is 2. The predicted molar refractivity (Wildman–Crippen MR) is 104 cm³/mol. The van der Waals surface area contributed by atoms with Crippen molar-refractivity contribution in [2.45, 2.75) is 45.8 Å². The van der Waals surface area contributed by atoms with Gasteiger partial charge < -0.3 is 19.7 Å². The first kappa shape index (κ1) is 22.6. The molecule has 1 aromatic rings. The Morgan fingerprint density at radius 3 is 2.56 bits per heavy atom. The van der Waals surface area contributed by atoms with E-state index in [4.69, 9.17) is 4.74 Å². The number of hydrogen-bond acceptors (Lipinski definition) is 4. The van der Waals surface area contributed by atoms with E-state index in [1.807, 2.05) is 13.8 Å². The number of aliphatic hydroxyl groups excluding tert-OH is 2. The van der Waals surface area contributed by atoms with Crippen molar-refractivity contribution in [2.24, 2.45) is 5.41 Å². The highest BCUT2D eigenvalue weighted by molar-refractivity contribution is 5.76. The molecule has 0 fully saturated rings. The van der Waals surface area contributed by atoms with E-state index in [0.29, 0.717) is 18.6 Å². The zero-order valence-corrected chi connectivity index (χ0v) is 16.0. The molecule has 1 rings (SSSR count). The van der Waals surface area contributed by atoms with Crippen molar-refractivity contribution >= 4 is 5.78 Å². The van der Waals surface area contributed by atoms with E-state index in [2.05, 4.69) is 11.8 Å². The van der Waals surface area contributed by atoms with E-state index >= 15 is 0 Å². The van der Waals surface area contributed by atoms with Crippen LogP contribution in [0.4, 0.5) is 4.39 Å². The van der Waals surface area contributed by atoms with Gasteiger partial charge in [-0.2, -0.15) is 0 Å². The van der Waals surface area contributed by atoms with Crippen molar-refractivity contribution in [2.75, 3.05) is 6.61 Å². The summed E-state index contributed by atoms with van der Waals surface area (Å²) in [7, 11) is 0. The number of Topliss-reactive ketones (excluding diaryl/α,β-unsaturated/α-hetero) is 1. The van der Waals surface area contributed by atoms with E-state index in [1.54, 1.807) is 18.2 Å². The van der Waals surface area contributed by atoms with Crippen LogP contribution < -0.4 is 4.74 Å². The fraction of sp³-hybridized carbons (Fsp3) is 0.409. The van der Waals surface area contributed by atoms with E-state index in [0.717, 1.165) is 0 Å². The standard InChI is InChI=1S/C22H27FO4/c1-17(24)14-22(2,3)15-19(25)8-6-4-5-7-9-20(26)16-27-21-12-10-18(23)11-13-21/h4-5,7,9-13,19-20,25-26H,14-16H2,1-3H3/b5-4+,9-7+/t19-,20+/m1/s1. The van der Waals surface area contributed by atoms with Gasteiger partial charge in [-0.05, 0) is 49.1 Å². The van der Waals surface area contributed by atoms with Gasteiger partial charge in [0.05, 0.1) is 0 Å². The van der Waals surface area contributed by atoms with Gasteiger partial charge in [0.15, 0.2) is 0 Å². The topological polar surface area (TPSA) is 66.8 Å². The maximum absolute atomic E-state index is 12.8. The molecule has 0 aromatic heterocycles. The van der Waals surface area contributed by atoms with Gasteiger partial charge in [0.25, 0.3) is 0 Å². The molecule has 0 radical (unpaired) electrons. The number of allylic oxidation sites excluding steroid dienone is 3. The molecule has 5 heteroatoms. The molecule has 27 heavy (non-hydrogen) atoms. The van der Waals surface area contributed by atoms with Gasteiger partial charge in [-0.3, -0.25) is 0 Å². The Bertz CT molecular complexity index is 708. The number of aliphatic hydroxyl groups is 2. The van der Waals surface area contributed by atoms with E-state index < -0.39 is 12.2 Å². The highest BCUT2D eigenvalue weighted by atomic mass is 19.1. The lowest BCUT2D eigenvalue weighted by Crippen LogP contribution is -2.22. The Kier molecular flexibility index (Phi) is 9.49. The maximum Gasteiger partial charge on any atom is 0.130 e. The zero-order chi connectivity index (χ0) is 20.3. The second kappa shape index (κ2) is 11.3. The van der Waals surface area contributed by atoms with Crippen molar-refractivity contribution in [3.05, 3.63) is 54.4 Å². The summed E-state index contributed by atoms with van der Waals surface area (Å²) >= 11 is 0. The van der Waals surface area contributed by atoms with Crippen LogP contribution in [0.15, 0.2) is 48.6 Å². The van der Waals surface area contributed by atoms with Crippen molar-refractivity contribution in [3.8, 4) is 17.6 Å². The number of ketones is 1. The molecule has 0 saturated heterocycles. The minimum atomic E-state index is -0.814. The lowest BCUT2D eigenvalue weighted by molar-refractivity contribution is -0.119. The van der Waals surface area contributed by atoms with Gasteiger partial charge in [-0.1, -0.05) is 43.9 Å². The Labute approximate surface area is 160 Å². The molecular formula is C22H27FO4. The molecule has 0 saturated carbocycles. The van der Waals surface area contributed by atoms with Crippen LogP contribution in [0.25, 0.3) is 0 Å². The van der Waals surface area contributed by atoms with Crippen LogP contribution in [-0.4, -0.2) is 34.8 Å². The normalized spacial score (nSPS) is 14.0. The molecule has 0 spiro atoms. The summed E-state index contributed by atoms with van der Waals surface area (Å²) in [4.78, 5) is 11.2. The summed E-state index contributed by atoms with van der Waals surface area (Å²) in [5.41, 5.74) is -0.293. The summed E-state index contributed by atoms with van der Waals surface area (Å²) < 4.78 is 18.1. The molecular weight excluding hydrogens is 347 g/mol. The quantitative estimate of drug-likeness (QED) is 0.513. The van der Waals surface area contributed by atoms with Gasteiger partial charge in [0.2, 0.25) is 0 Å². The average Bonchev–Trinajstić information content (AvgIpc) is 2.55. The zero-order valence-electron chi connectivity index (χ0n) is 16.0. The number of benzene rings is 1. The predicted octanol–water partition coefficient (Wildman–Crippen LogP) is 3.44. The molecule has 4 nitrogen and oxygen atoms in total. The molecule has 0 bridgehead atoms. The third-order valence-corrected chi connectivity index (χ3v) is 3.58. The number of carbonyl (C=O) groups excluding carboxylic acids is 1. The summed E-state index contributed by atoms with van der Waals surface area (Å²) in [6, 6.07) is 5.55. The first-order valence-electron chi connectivity index (χ1n) is 8.76. The molecule has 0 aliphatic carbocycles. The lowest BCUT2D eigenvalue weighted by atomic mass is 9.82. The molecule has 146 valence electrons. The van der Waals surface area contributed by atoms with E-state index in [-0.39, 0.29) is 23.6 Å². The average molecular weight is 374 g/mol. The molecule has 0 unspecified atom stereocenters. The van der Waals surface area contributed by atoms with Crippen molar-refractivity contribution in [1.82, 2.24) is 0 Å². The fourth-order valence-electron chi connectivity index (χ4n) is 2.53. The van der Waals surface area contributed by atoms with Crippen molar-refractivity contribution < 1.29 is 24.1 Å². The largest absolute Gasteiger partial charge is 0.491 e. The monoisotopic (exact) mass is 374 g/mol. The smallest absolute Gasteiger partial charge is 0.130 e. The van der Waals surface area contributed by atoms with Gasteiger partial charge in [-0.15, -0.1) is 0 Å². The molecule has 0 heterocycles. The fourth-order valence-corrected chi connectivity index (χ4v) is 2.53. The van der Waals surface area contributed by atoms with Crippen LogP contribution >= 0.6 is 0 Å². The first-order chi connectivity index (χ1) is 12.7. The second-order valence-corrected chi connectivity index (χ2v) is 7.13. The first-order valence-corrected chi connectivity index (χ1v) is 8.76. The molecule has 2 atom stereocenters. The van der Waals surface area contributed by atoms with E-state index in [1.165, 1.54) is 37.3 Å². The minimum Gasteiger partial charge on any atom is -0.491 e. The van der Waals surface area contributed by atoms with Crippen LogP contribution in [0.2, 0.25) is 0 Å². The number of rotatable bonds is 9. The van der Waals surface area contributed by atoms with Gasteiger partial charge in [-0.25, -0.2) is 4.39 Å². The van der Waals surface area contributed by atoms with E-state index in [9.17, 15) is 19.4 Å². The van der Waals surface area contributed by atoms with Crippen LogP contribution in [0.5, 0.6) is 5.75 Å². The van der Waals surface area contributed by atoms with Crippen molar-refractivity contribution in [1.29, 1.82) is 0 Å². The summed E-state index contributed by atoms with van der Waals surface area (Å²) in [6.45, 7) is 5.43. The summed E-state index contributed by atoms with van der Waals surface area (Å²) in [5.74, 6) is 5.66. The number of carbonyl (C=O) groups is 1. The highest BCUT2D eigenvalue weighted by Crippen LogP contribution is 2.26. The van der Waals surface area contributed by atoms with Crippen LogP contribution in [0.3, 0.4) is 0 Å². The molecule has 0 aliphatic heterocycles. The number of ether oxygens (including phenoxy) is 1. The minimum absolute atomic E-state index is 0.0472. The third-order valence-electron chi connectivity index (χ3n) is 3.58. The Balaban J connectivity index is 2.35. The Morgan fingerprint density at radius 2 is 1.93 bits per heavy atom. The van der Waals surface area contributed by atoms with Crippen molar-refractivity contribution in [3.63, 3.8) is 0 Å². The molecule has 0 aliphatic rings. The van der Waals surface area contributed by atoms with Gasteiger partial charge in [0, 0.05) is 6.42 Å².